The van der Waals surface area contributed by atoms with Crippen LogP contribution in [0.15, 0.2) is 72.9 Å². The predicted octanol–water partition coefficient (Wildman–Crippen LogP) is 5.24. The van der Waals surface area contributed by atoms with Gasteiger partial charge in [-0.15, -0.1) is 0 Å². The average molecular weight is 625 g/mol. The maximum atomic E-state index is 13.9. The molecule has 1 aromatic heterocycles. The van der Waals surface area contributed by atoms with Crippen LogP contribution in [0.3, 0.4) is 0 Å². The number of amides is 3. The van der Waals surface area contributed by atoms with E-state index in [0.29, 0.717) is 23.4 Å². The van der Waals surface area contributed by atoms with E-state index in [9.17, 15) is 34.2 Å². The van der Waals surface area contributed by atoms with Gasteiger partial charge < -0.3 is 31.1 Å². The van der Waals surface area contributed by atoms with Crippen molar-refractivity contribution in [3.05, 3.63) is 101 Å². The van der Waals surface area contributed by atoms with Gasteiger partial charge in [0.1, 0.15) is 6.04 Å². The van der Waals surface area contributed by atoms with Crippen molar-refractivity contribution in [2.24, 2.45) is 5.92 Å². The Bertz CT molecular complexity index is 1730. The summed E-state index contributed by atoms with van der Waals surface area (Å²) in [4.78, 5) is 67.3. The monoisotopic (exact) mass is 624 g/mol. The molecule has 1 fully saturated rings. The first-order chi connectivity index (χ1) is 22.2. The van der Waals surface area contributed by atoms with Gasteiger partial charge in [0.15, 0.2) is 0 Å². The minimum Gasteiger partial charge on any atom is -0.478 e. The van der Waals surface area contributed by atoms with Gasteiger partial charge in [-0.05, 0) is 60.7 Å². The molecular weight excluding hydrogens is 588 g/mol. The maximum absolute atomic E-state index is 13.9. The fraction of sp³-hybridized carbons (Fsp3) is 0.286. The highest BCUT2D eigenvalue weighted by Crippen LogP contribution is 2.24. The molecule has 11 heteroatoms. The first kappa shape index (κ1) is 32.0. The summed E-state index contributed by atoms with van der Waals surface area (Å²) < 4.78 is 0. The molecule has 1 aliphatic rings. The molecule has 3 aromatic carbocycles. The molecular formula is C35H36N4O7. The van der Waals surface area contributed by atoms with Crippen molar-refractivity contribution >= 4 is 46.3 Å². The molecule has 0 saturated heterocycles. The van der Waals surface area contributed by atoms with Crippen LogP contribution in [-0.2, 0) is 11.2 Å². The number of carbonyl (C=O) groups excluding carboxylic acids is 3. The summed E-state index contributed by atoms with van der Waals surface area (Å²) in [6, 6.07) is 16.1. The van der Waals surface area contributed by atoms with Crippen LogP contribution in [0, 0.1) is 5.92 Å². The quantitative estimate of drug-likeness (QED) is 0.124. The van der Waals surface area contributed by atoms with Gasteiger partial charge in [0.05, 0.1) is 22.3 Å². The van der Waals surface area contributed by atoms with Crippen molar-refractivity contribution in [1.82, 2.24) is 15.6 Å². The molecule has 46 heavy (non-hydrogen) atoms. The Labute approximate surface area is 265 Å². The molecule has 0 aliphatic heterocycles. The molecule has 0 bridgehead atoms. The molecule has 3 amide bonds. The number of H-pyrrole nitrogens is 1. The summed E-state index contributed by atoms with van der Waals surface area (Å²) in [6.45, 7) is 0.509. The van der Waals surface area contributed by atoms with E-state index in [4.69, 9.17) is 0 Å². The Hall–Kier alpha value is -5.45. The van der Waals surface area contributed by atoms with Crippen LogP contribution in [-0.4, -0.2) is 57.4 Å². The number of aromatic amines is 1. The summed E-state index contributed by atoms with van der Waals surface area (Å²) in [5, 5.41) is 28.0. The van der Waals surface area contributed by atoms with Crippen molar-refractivity contribution in [3.63, 3.8) is 0 Å². The maximum Gasteiger partial charge on any atom is 0.335 e. The summed E-state index contributed by atoms with van der Waals surface area (Å²) in [5.74, 6) is -4.09. The van der Waals surface area contributed by atoms with Crippen LogP contribution in [0.1, 0.15) is 85.5 Å². The Balaban J connectivity index is 1.42. The van der Waals surface area contributed by atoms with E-state index < -0.39 is 29.8 Å². The minimum absolute atomic E-state index is 0.0538. The van der Waals surface area contributed by atoms with Gasteiger partial charge in [0.2, 0.25) is 5.91 Å². The molecule has 1 heterocycles. The molecule has 4 aromatic rings. The number of hydrogen-bond donors (Lipinski definition) is 6. The predicted molar refractivity (Wildman–Crippen MR) is 172 cm³/mol. The number of carboxylic acid groups (broad SMARTS) is 2. The van der Waals surface area contributed by atoms with E-state index in [0.717, 1.165) is 49.4 Å². The van der Waals surface area contributed by atoms with Crippen molar-refractivity contribution in [2.75, 3.05) is 11.9 Å². The SMILES string of the molecule is O=C(O)c1cc(NC(=O)[C@H](Cc2ccccc2)NC(=O)c2cc3cc[nH]c3cc2C(=O)NCC2CCCCCC2)cc(C(=O)O)c1. The normalized spacial score (nSPS) is 14.2. The van der Waals surface area contributed by atoms with E-state index >= 15 is 0 Å². The van der Waals surface area contributed by atoms with Gasteiger partial charge in [-0.3, -0.25) is 14.4 Å². The van der Waals surface area contributed by atoms with Crippen molar-refractivity contribution in [1.29, 1.82) is 0 Å². The number of aromatic carboxylic acids is 2. The number of fused-ring (bicyclic) bond motifs is 1. The van der Waals surface area contributed by atoms with Crippen LogP contribution in [0.5, 0.6) is 0 Å². The number of carbonyl (C=O) groups is 5. The summed E-state index contributed by atoms with van der Waals surface area (Å²) in [5.41, 5.74) is 0.981. The summed E-state index contributed by atoms with van der Waals surface area (Å²) in [6.07, 6.45) is 8.52. The number of carboxylic acids is 2. The van der Waals surface area contributed by atoms with Gasteiger partial charge in [-0.25, -0.2) is 9.59 Å². The Morgan fingerprint density at radius 3 is 2.09 bits per heavy atom. The van der Waals surface area contributed by atoms with Crippen LogP contribution in [0.25, 0.3) is 10.9 Å². The number of nitrogens with one attached hydrogen (secondary N) is 4. The lowest BCUT2D eigenvalue weighted by atomic mass is 9.99. The number of aromatic nitrogens is 1. The van der Waals surface area contributed by atoms with E-state index in [-0.39, 0.29) is 40.3 Å². The minimum atomic E-state index is -1.36. The molecule has 1 saturated carbocycles. The van der Waals surface area contributed by atoms with Gasteiger partial charge in [-0.1, -0.05) is 56.0 Å². The lowest BCUT2D eigenvalue weighted by Gasteiger charge is -2.20. The second kappa shape index (κ2) is 14.6. The molecule has 5 rings (SSSR count). The molecule has 0 spiro atoms. The fourth-order valence-corrected chi connectivity index (χ4v) is 5.85. The first-order valence-corrected chi connectivity index (χ1v) is 15.3. The molecule has 6 N–H and O–H groups in total. The third kappa shape index (κ3) is 7.98. The number of rotatable bonds is 11. The highest BCUT2D eigenvalue weighted by atomic mass is 16.4. The third-order valence-corrected chi connectivity index (χ3v) is 8.31. The second-order valence-electron chi connectivity index (χ2n) is 11.6. The molecule has 0 radical (unpaired) electrons. The molecule has 11 nitrogen and oxygen atoms in total. The van der Waals surface area contributed by atoms with E-state index in [1.807, 2.05) is 6.07 Å². The lowest BCUT2D eigenvalue weighted by molar-refractivity contribution is -0.118. The Morgan fingerprint density at radius 2 is 1.43 bits per heavy atom. The fourth-order valence-electron chi connectivity index (χ4n) is 5.85. The molecule has 0 unspecified atom stereocenters. The largest absolute Gasteiger partial charge is 0.478 e. The third-order valence-electron chi connectivity index (χ3n) is 8.31. The number of benzene rings is 3. The zero-order valence-corrected chi connectivity index (χ0v) is 25.2. The van der Waals surface area contributed by atoms with Crippen molar-refractivity contribution in [3.8, 4) is 0 Å². The highest BCUT2D eigenvalue weighted by molar-refractivity contribution is 6.11. The molecule has 1 atom stereocenters. The summed E-state index contributed by atoms with van der Waals surface area (Å²) in [7, 11) is 0. The Kier molecular flexibility index (Phi) is 10.1. The van der Waals surface area contributed by atoms with E-state index in [1.54, 1.807) is 48.7 Å². The van der Waals surface area contributed by atoms with Crippen LogP contribution < -0.4 is 16.0 Å². The average Bonchev–Trinajstić information content (AvgIpc) is 3.35. The number of anilines is 1. The van der Waals surface area contributed by atoms with Gasteiger partial charge in [0.25, 0.3) is 11.8 Å². The highest BCUT2D eigenvalue weighted by Gasteiger charge is 2.26. The van der Waals surface area contributed by atoms with E-state index in [2.05, 4.69) is 20.9 Å². The summed E-state index contributed by atoms with van der Waals surface area (Å²) >= 11 is 0. The van der Waals surface area contributed by atoms with E-state index in [1.165, 1.54) is 12.8 Å². The second-order valence-corrected chi connectivity index (χ2v) is 11.6. The zero-order chi connectivity index (χ0) is 32.6. The molecule has 238 valence electrons. The molecule has 1 aliphatic carbocycles. The first-order valence-electron chi connectivity index (χ1n) is 15.3. The van der Waals surface area contributed by atoms with Gasteiger partial charge in [0, 0.05) is 35.8 Å². The standard InChI is InChI=1S/C35H36N4O7/c40-31(37-20-22-10-4-1-2-5-11-22)28-19-29-23(12-13-36-29)18-27(28)32(41)39-30(14-21-8-6-3-7-9-21)33(42)38-26-16-24(34(43)44)15-25(17-26)35(45)46/h3,6-9,12-13,15-19,22,30,36H,1-2,4-5,10-11,14,20H2,(H,37,40)(H,38,42)(H,39,41)(H,43,44)(H,45,46)/t30-/m0/s1. The Morgan fingerprint density at radius 1 is 0.783 bits per heavy atom. The van der Waals surface area contributed by atoms with Crippen molar-refractivity contribution in [2.45, 2.75) is 51.0 Å². The van der Waals surface area contributed by atoms with Crippen molar-refractivity contribution < 1.29 is 34.2 Å². The zero-order valence-electron chi connectivity index (χ0n) is 25.2. The topological polar surface area (TPSA) is 178 Å². The van der Waals surface area contributed by atoms with Gasteiger partial charge >= 0.3 is 11.9 Å². The smallest absolute Gasteiger partial charge is 0.335 e. The van der Waals surface area contributed by atoms with Crippen LogP contribution >= 0.6 is 0 Å². The number of hydrogen-bond acceptors (Lipinski definition) is 5. The van der Waals surface area contributed by atoms with Crippen LogP contribution in [0.4, 0.5) is 5.69 Å². The lowest BCUT2D eigenvalue weighted by Crippen LogP contribution is -2.45. The van der Waals surface area contributed by atoms with Crippen LogP contribution in [0.2, 0.25) is 0 Å². The van der Waals surface area contributed by atoms with Gasteiger partial charge in [-0.2, -0.15) is 0 Å².